The maximum Gasteiger partial charge on any atom is 0.122 e. The summed E-state index contributed by atoms with van der Waals surface area (Å²) >= 11 is 9.89. The Hall–Kier alpha value is -0.990. The van der Waals surface area contributed by atoms with E-state index in [0.717, 1.165) is 34.5 Å². The zero-order valence-corrected chi connectivity index (χ0v) is 14.7. The van der Waals surface area contributed by atoms with Crippen molar-refractivity contribution in [3.05, 3.63) is 64.7 Å². The molecule has 112 valence electrons. The molecule has 1 atom stereocenters. The second-order valence-electron chi connectivity index (χ2n) is 5.27. The van der Waals surface area contributed by atoms with E-state index < -0.39 is 0 Å². The molecule has 0 spiro atoms. The Kier molecular flexibility index (Phi) is 5.72. The van der Waals surface area contributed by atoms with Crippen LogP contribution in [-0.2, 0) is 11.8 Å². The average Bonchev–Trinajstić information content (AvgIpc) is 2.54. The minimum absolute atomic E-state index is 0.0409. The van der Waals surface area contributed by atoms with Crippen LogP contribution in [0.15, 0.2) is 48.5 Å². The second kappa shape index (κ2) is 7.33. The van der Waals surface area contributed by atoms with Gasteiger partial charge in [-0.15, -0.1) is 0 Å². The van der Waals surface area contributed by atoms with Gasteiger partial charge in [-0.25, -0.2) is 0 Å². The third-order valence-corrected chi connectivity index (χ3v) is 5.40. The van der Waals surface area contributed by atoms with E-state index in [0.29, 0.717) is 0 Å². The highest BCUT2D eigenvalue weighted by Gasteiger charge is 2.30. The minimum Gasteiger partial charge on any atom is -0.496 e. The van der Waals surface area contributed by atoms with E-state index in [1.807, 2.05) is 18.2 Å². The highest BCUT2D eigenvalue weighted by molar-refractivity contribution is 9.09. The molecular weight excluding hydrogens is 348 g/mol. The van der Waals surface area contributed by atoms with Gasteiger partial charge in [0.05, 0.1) is 7.11 Å². The fourth-order valence-electron chi connectivity index (χ4n) is 2.69. The first-order valence-corrected chi connectivity index (χ1v) is 8.59. The largest absolute Gasteiger partial charge is 0.496 e. The van der Waals surface area contributed by atoms with Gasteiger partial charge in [-0.05, 0) is 42.2 Å². The van der Waals surface area contributed by atoms with Crippen molar-refractivity contribution in [2.45, 2.75) is 25.2 Å². The van der Waals surface area contributed by atoms with E-state index in [4.69, 9.17) is 16.3 Å². The van der Waals surface area contributed by atoms with Crippen molar-refractivity contribution in [2.24, 2.45) is 0 Å². The van der Waals surface area contributed by atoms with Crippen LogP contribution >= 0.6 is 27.5 Å². The summed E-state index contributed by atoms with van der Waals surface area (Å²) in [5.41, 5.74) is 2.53. The maximum absolute atomic E-state index is 6.17. The molecule has 2 aromatic rings. The van der Waals surface area contributed by atoms with Crippen molar-refractivity contribution in [1.82, 2.24) is 0 Å². The first-order valence-electron chi connectivity index (χ1n) is 7.09. The van der Waals surface area contributed by atoms with Gasteiger partial charge in [0.2, 0.25) is 0 Å². The van der Waals surface area contributed by atoms with Crippen LogP contribution in [0, 0.1) is 0 Å². The van der Waals surface area contributed by atoms with E-state index in [-0.39, 0.29) is 5.41 Å². The number of hydrogen-bond acceptors (Lipinski definition) is 1. The monoisotopic (exact) mass is 366 g/mol. The average molecular weight is 368 g/mol. The molecule has 21 heavy (non-hydrogen) atoms. The van der Waals surface area contributed by atoms with Crippen molar-refractivity contribution in [2.75, 3.05) is 12.4 Å². The molecule has 0 aliphatic rings. The lowest BCUT2D eigenvalue weighted by Crippen LogP contribution is -2.30. The first-order chi connectivity index (χ1) is 10.1. The SMILES string of the molecule is CCC(CBr)(Cc1cc(Cl)ccc1OC)c1ccccc1. The number of ether oxygens (including phenoxy) is 1. The van der Waals surface area contributed by atoms with Crippen LogP contribution in [0.4, 0.5) is 0 Å². The Bertz CT molecular complexity index is 579. The minimum atomic E-state index is 0.0409. The number of halogens is 2. The van der Waals surface area contributed by atoms with Gasteiger partial charge in [-0.3, -0.25) is 0 Å². The Morgan fingerprint density at radius 2 is 1.86 bits per heavy atom. The summed E-state index contributed by atoms with van der Waals surface area (Å²) in [6.45, 7) is 2.23. The number of rotatable bonds is 6. The normalized spacial score (nSPS) is 13.7. The molecule has 0 heterocycles. The highest BCUT2D eigenvalue weighted by Crippen LogP contribution is 2.37. The van der Waals surface area contributed by atoms with E-state index >= 15 is 0 Å². The van der Waals surface area contributed by atoms with Gasteiger partial charge in [-0.2, -0.15) is 0 Å². The summed E-state index contributed by atoms with van der Waals surface area (Å²) in [6.07, 6.45) is 1.93. The van der Waals surface area contributed by atoms with E-state index in [1.54, 1.807) is 7.11 Å². The second-order valence-corrected chi connectivity index (χ2v) is 6.26. The smallest absolute Gasteiger partial charge is 0.122 e. The highest BCUT2D eigenvalue weighted by atomic mass is 79.9. The number of methoxy groups -OCH3 is 1. The zero-order valence-electron chi connectivity index (χ0n) is 12.4. The molecule has 1 unspecified atom stereocenters. The van der Waals surface area contributed by atoms with Gasteiger partial charge in [-0.1, -0.05) is 64.8 Å². The van der Waals surface area contributed by atoms with E-state index in [9.17, 15) is 0 Å². The summed E-state index contributed by atoms with van der Waals surface area (Å²) in [4.78, 5) is 0. The molecule has 1 nitrogen and oxygen atoms in total. The van der Waals surface area contributed by atoms with Crippen LogP contribution in [0.2, 0.25) is 5.02 Å². The van der Waals surface area contributed by atoms with Gasteiger partial charge in [0.25, 0.3) is 0 Å². The van der Waals surface area contributed by atoms with Gasteiger partial charge >= 0.3 is 0 Å². The van der Waals surface area contributed by atoms with Crippen LogP contribution in [0.3, 0.4) is 0 Å². The van der Waals surface area contributed by atoms with Crippen LogP contribution in [-0.4, -0.2) is 12.4 Å². The summed E-state index contributed by atoms with van der Waals surface area (Å²) in [7, 11) is 1.71. The zero-order chi connectivity index (χ0) is 15.3. The lowest BCUT2D eigenvalue weighted by Gasteiger charge is -2.32. The standard InChI is InChI=1S/C18H20BrClO/c1-3-18(13-19,15-7-5-4-6-8-15)12-14-11-16(20)9-10-17(14)21-2/h4-11H,3,12-13H2,1-2H3. The van der Waals surface area contributed by atoms with Crippen molar-refractivity contribution < 1.29 is 4.74 Å². The molecule has 0 N–H and O–H groups in total. The fourth-order valence-corrected chi connectivity index (χ4v) is 3.80. The summed E-state index contributed by atoms with van der Waals surface area (Å²) in [5, 5.41) is 1.65. The molecule has 0 saturated heterocycles. The maximum atomic E-state index is 6.17. The van der Waals surface area contributed by atoms with Crippen molar-refractivity contribution in [1.29, 1.82) is 0 Å². The molecule has 2 rings (SSSR count). The molecule has 3 heteroatoms. The predicted octanol–water partition coefficient (Wildman–Crippen LogP) is 5.63. The molecule has 0 radical (unpaired) electrons. The Morgan fingerprint density at radius 1 is 1.14 bits per heavy atom. The van der Waals surface area contributed by atoms with Gasteiger partial charge in [0.15, 0.2) is 0 Å². The van der Waals surface area contributed by atoms with Crippen molar-refractivity contribution in [3.8, 4) is 5.75 Å². The van der Waals surface area contributed by atoms with Crippen molar-refractivity contribution in [3.63, 3.8) is 0 Å². The molecule has 0 saturated carbocycles. The Labute approximate surface area is 140 Å². The summed E-state index contributed by atoms with van der Waals surface area (Å²) in [6, 6.07) is 16.5. The Balaban J connectivity index is 2.44. The molecule has 2 aromatic carbocycles. The first kappa shape index (κ1) is 16.4. The van der Waals surface area contributed by atoms with Crippen LogP contribution in [0.5, 0.6) is 5.75 Å². The summed E-state index contributed by atoms with van der Waals surface area (Å²) < 4.78 is 5.50. The third-order valence-electron chi connectivity index (χ3n) is 4.09. The van der Waals surface area contributed by atoms with Crippen molar-refractivity contribution >= 4 is 27.5 Å². The lowest BCUT2D eigenvalue weighted by atomic mass is 9.75. The van der Waals surface area contributed by atoms with Gasteiger partial charge in [0.1, 0.15) is 5.75 Å². The third kappa shape index (κ3) is 3.61. The number of alkyl halides is 1. The number of benzene rings is 2. The molecule has 0 fully saturated rings. The molecule has 0 aliphatic carbocycles. The van der Waals surface area contributed by atoms with Crippen LogP contribution in [0.1, 0.15) is 24.5 Å². The van der Waals surface area contributed by atoms with Gasteiger partial charge < -0.3 is 4.74 Å². The quantitative estimate of drug-likeness (QED) is 0.601. The van der Waals surface area contributed by atoms with Gasteiger partial charge in [0, 0.05) is 15.8 Å². The number of hydrogen-bond donors (Lipinski definition) is 0. The lowest BCUT2D eigenvalue weighted by molar-refractivity contribution is 0.396. The summed E-state index contributed by atoms with van der Waals surface area (Å²) in [5.74, 6) is 0.897. The molecule has 0 aromatic heterocycles. The Morgan fingerprint density at radius 3 is 2.43 bits per heavy atom. The molecule has 0 bridgehead atoms. The predicted molar refractivity (Wildman–Crippen MR) is 93.9 cm³/mol. The topological polar surface area (TPSA) is 9.23 Å². The van der Waals surface area contributed by atoms with E-state index in [1.165, 1.54) is 5.56 Å². The molecular formula is C18H20BrClO. The molecule has 0 aliphatic heterocycles. The van der Waals surface area contributed by atoms with Crippen LogP contribution in [0.25, 0.3) is 0 Å². The van der Waals surface area contributed by atoms with E-state index in [2.05, 4.69) is 53.2 Å². The molecule has 0 amide bonds. The van der Waals surface area contributed by atoms with Crippen LogP contribution < -0.4 is 4.74 Å². The fraction of sp³-hybridized carbons (Fsp3) is 0.333.